The molecule has 0 N–H and O–H groups in total. The van der Waals surface area contributed by atoms with E-state index in [4.69, 9.17) is 0 Å². The van der Waals surface area contributed by atoms with Gasteiger partial charge in [0.25, 0.3) is 0 Å². The second-order valence-electron chi connectivity index (χ2n) is 5.51. The highest BCUT2D eigenvalue weighted by atomic mass is 14.3. The number of hydrogen-bond acceptors (Lipinski definition) is 0. The lowest BCUT2D eigenvalue weighted by atomic mass is 9.79. The highest BCUT2D eigenvalue weighted by Crippen LogP contribution is 2.38. The van der Waals surface area contributed by atoms with Gasteiger partial charge in [0.15, 0.2) is 0 Å². The van der Waals surface area contributed by atoms with Gasteiger partial charge in [0.05, 0.1) is 0 Å². The predicted octanol–water partition coefficient (Wildman–Crippen LogP) is 5.91. The molecule has 0 amide bonds. The third-order valence-electron chi connectivity index (χ3n) is 4.41. The molecule has 16 heavy (non-hydrogen) atoms. The molecule has 0 saturated heterocycles. The van der Waals surface area contributed by atoms with Gasteiger partial charge < -0.3 is 0 Å². The maximum Gasteiger partial charge on any atom is -0.0386 e. The van der Waals surface area contributed by atoms with E-state index in [1.807, 2.05) is 13.8 Å². The quantitative estimate of drug-likeness (QED) is 0.525. The molecule has 1 saturated carbocycles. The van der Waals surface area contributed by atoms with Crippen molar-refractivity contribution in [1.29, 1.82) is 0 Å². The zero-order chi connectivity index (χ0) is 12.6. The van der Waals surface area contributed by atoms with E-state index >= 15 is 0 Å². The molecule has 0 radical (unpaired) electrons. The van der Waals surface area contributed by atoms with Crippen LogP contribution in [0.5, 0.6) is 0 Å². The Kier molecular flexibility index (Phi) is 9.07. The average molecular weight is 226 g/mol. The van der Waals surface area contributed by atoms with Gasteiger partial charge >= 0.3 is 0 Å². The fourth-order valence-electron chi connectivity index (χ4n) is 3.22. The summed E-state index contributed by atoms with van der Waals surface area (Å²) in [6.45, 7) is 13.6. The van der Waals surface area contributed by atoms with Gasteiger partial charge in [0.2, 0.25) is 0 Å². The van der Waals surface area contributed by atoms with E-state index in [0.29, 0.717) is 0 Å². The maximum atomic E-state index is 2.41. The van der Waals surface area contributed by atoms with Gasteiger partial charge in [-0.1, -0.05) is 73.6 Å². The van der Waals surface area contributed by atoms with Crippen molar-refractivity contribution in [3.8, 4) is 0 Å². The normalized spacial score (nSPS) is 30.6. The van der Waals surface area contributed by atoms with Crippen molar-refractivity contribution in [2.75, 3.05) is 0 Å². The van der Waals surface area contributed by atoms with E-state index in [1.165, 1.54) is 38.5 Å². The predicted molar refractivity (Wildman–Crippen MR) is 75.7 cm³/mol. The molecule has 1 aliphatic rings. The molecule has 0 aromatic carbocycles. The highest BCUT2D eigenvalue weighted by Gasteiger charge is 2.27. The number of rotatable bonds is 3. The fourth-order valence-corrected chi connectivity index (χ4v) is 3.22. The minimum Gasteiger partial charge on any atom is -0.0683 e. The van der Waals surface area contributed by atoms with Gasteiger partial charge in [0.1, 0.15) is 0 Å². The average Bonchev–Trinajstić information content (AvgIpc) is 2.53. The summed E-state index contributed by atoms with van der Waals surface area (Å²) in [5, 5.41) is 0. The first kappa shape index (κ1) is 16.0. The monoisotopic (exact) mass is 226 g/mol. The molecular formula is C16H34. The molecule has 0 heterocycles. The number of hydrogen-bond donors (Lipinski definition) is 0. The van der Waals surface area contributed by atoms with Gasteiger partial charge in [-0.2, -0.15) is 0 Å². The summed E-state index contributed by atoms with van der Waals surface area (Å²) in [6, 6.07) is 0. The summed E-state index contributed by atoms with van der Waals surface area (Å²) in [5.41, 5.74) is 0. The van der Waals surface area contributed by atoms with Gasteiger partial charge in [-0.05, 0) is 30.1 Å². The van der Waals surface area contributed by atoms with Crippen molar-refractivity contribution in [2.45, 2.75) is 80.1 Å². The molecule has 1 aliphatic carbocycles. The van der Waals surface area contributed by atoms with Crippen LogP contribution in [0, 0.1) is 23.7 Å². The summed E-state index contributed by atoms with van der Waals surface area (Å²) in [7, 11) is 0. The third kappa shape index (κ3) is 4.89. The van der Waals surface area contributed by atoms with Crippen LogP contribution in [0.1, 0.15) is 80.1 Å². The highest BCUT2D eigenvalue weighted by molar-refractivity contribution is 4.78. The smallest absolute Gasteiger partial charge is 0.0386 e. The Bertz CT molecular complexity index is 148. The Morgan fingerprint density at radius 2 is 1.50 bits per heavy atom. The molecule has 0 aromatic heterocycles. The fraction of sp³-hybridized carbons (Fsp3) is 1.00. The largest absolute Gasteiger partial charge is 0.0683 e. The third-order valence-corrected chi connectivity index (χ3v) is 4.41. The summed E-state index contributed by atoms with van der Waals surface area (Å²) in [4.78, 5) is 0. The van der Waals surface area contributed by atoms with Crippen LogP contribution in [-0.4, -0.2) is 0 Å². The van der Waals surface area contributed by atoms with Crippen LogP contribution in [-0.2, 0) is 0 Å². The Hall–Kier alpha value is 0. The molecule has 1 fully saturated rings. The first-order chi connectivity index (χ1) is 7.69. The standard InChI is InChI=1S/C14H28.C2H6/c1-5-12-8-7-9-14(11(3)4)10-13(12)6-2;1-2/h11-14H,5-10H2,1-4H3;1-2H3. The minimum absolute atomic E-state index is 0.902. The second kappa shape index (κ2) is 9.07. The lowest BCUT2D eigenvalue weighted by Crippen LogP contribution is -2.16. The molecule has 3 atom stereocenters. The molecule has 98 valence electrons. The van der Waals surface area contributed by atoms with Crippen LogP contribution in [0.2, 0.25) is 0 Å². The van der Waals surface area contributed by atoms with Crippen LogP contribution < -0.4 is 0 Å². The SMILES string of the molecule is CC.CCC1CCCC(C(C)C)CC1CC. The molecule has 0 nitrogen and oxygen atoms in total. The summed E-state index contributed by atoms with van der Waals surface area (Å²) >= 11 is 0. The first-order valence-corrected chi connectivity index (χ1v) is 7.69. The van der Waals surface area contributed by atoms with Gasteiger partial charge in [-0.15, -0.1) is 0 Å². The molecule has 3 unspecified atom stereocenters. The molecule has 0 bridgehead atoms. The van der Waals surface area contributed by atoms with Crippen molar-refractivity contribution in [3.05, 3.63) is 0 Å². The Labute approximate surface area is 104 Å². The van der Waals surface area contributed by atoms with E-state index in [2.05, 4.69) is 27.7 Å². The van der Waals surface area contributed by atoms with E-state index in [0.717, 1.165) is 23.7 Å². The van der Waals surface area contributed by atoms with Crippen molar-refractivity contribution >= 4 is 0 Å². The lowest BCUT2D eigenvalue weighted by Gasteiger charge is -2.26. The zero-order valence-corrected chi connectivity index (χ0v) is 12.6. The van der Waals surface area contributed by atoms with Crippen LogP contribution in [0.25, 0.3) is 0 Å². The van der Waals surface area contributed by atoms with Gasteiger partial charge in [-0.3, -0.25) is 0 Å². The van der Waals surface area contributed by atoms with E-state index in [1.54, 1.807) is 0 Å². The molecule has 0 spiro atoms. The molecular weight excluding hydrogens is 192 g/mol. The summed E-state index contributed by atoms with van der Waals surface area (Å²) in [5.74, 6) is 3.97. The summed E-state index contributed by atoms with van der Waals surface area (Å²) in [6.07, 6.45) is 8.79. The maximum absolute atomic E-state index is 2.41. The topological polar surface area (TPSA) is 0 Å². The second-order valence-corrected chi connectivity index (χ2v) is 5.51. The minimum atomic E-state index is 0.902. The Morgan fingerprint density at radius 3 is 1.94 bits per heavy atom. The van der Waals surface area contributed by atoms with Crippen LogP contribution >= 0.6 is 0 Å². The van der Waals surface area contributed by atoms with Crippen molar-refractivity contribution in [2.24, 2.45) is 23.7 Å². The van der Waals surface area contributed by atoms with E-state index in [9.17, 15) is 0 Å². The first-order valence-electron chi connectivity index (χ1n) is 7.69. The van der Waals surface area contributed by atoms with Gasteiger partial charge in [-0.25, -0.2) is 0 Å². The van der Waals surface area contributed by atoms with E-state index < -0.39 is 0 Å². The summed E-state index contributed by atoms with van der Waals surface area (Å²) < 4.78 is 0. The zero-order valence-electron chi connectivity index (χ0n) is 12.6. The van der Waals surface area contributed by atoms with Gasteiger partial charge in [0, 0.05) is 0 Å². The van der Waals surface area contributed by atoms with Crippen molar-refractivity contribution in [1.82, 2.24) is 0 Å². The van der Waals surface area contributed by atoms with Crippen LogP contribution in [0.15, 0.2) is 0 Å². The lowest BCUT2D eigenvalue weighted by molar-refractivity contribution is 0.244. The van der Waals surface area contributed by atoms with E-state index in [-0.39, 0.29) is 0 Å². The molecule has 0 aliphatic heterocycles. The van der Waals surface area contributed by atoms with Crippen LogP contribution in [0.4, 0.5) is 0 Å². The van der Waals surface area contributed by atoms with Crippen molar-refractivity contribution < 1.29 is 0 Å². The molecule has 1 rings (SSSR count). The molecule has 0 heteroatoms. The van der Waals surface area contributed by atoms with Crippen LogP contribution in [0.3, 0.4) is 0 Å². The Morgan fingerprint density at radius 1 is 0.938 bits per heavy atom. The molecule has 0 aromatic rings. The Balaban J connectivity index is 0.00000106. The van der Waals surface area contributed by atoms with Crippen molar-refractivity contribution in [3.63, 3.8) is 0 Å².